The molecule has 0 radical (unpaired) electrons. The molecule has 3 aliphatic heterocycles. The smallest absolute Gasteiger partial charge is 0.245 e. The number of aliphatic hydroxyl groups is 1. The van der Waals surface area contributed by atoms with Crippen molar-refractivity contribution in [1.82, 2.24) is 15.5 Å². The summed E-state index contributed by atoms with van der Waals surface area (Å²) in [6.07, 6.45) is 7.55. The number of fused-ring (bicyclic) bond motifs is 1. The zero-order valence-electron chi connectivity index (χ0n) is 19.2. The molecule has 3 heterocycles. The van der Waals surface area contributed by atoms with E-state index < -0.39 is 29.1 Å². The molecule has 8 nitrogen and oxygen atoms in total. The first-order valence-electron chi connectivity index (χ1n) is 12.0. The highest BCUT2D eigenvalue weighted by molar-refractivity contribution is 5.99. The Morgan fingerprint density at radius 3 is 2.55 bits per heavy atom. The fourth-order valence-corrected chi connectivity index (χ4v) is 5.95. The molecule has 0 aromatic rings. The molecule has 3 fully saturated rings. The molecule has 8 heteroatoms. The van der Waals surface area contributed by atoms with Gasteiger partial charge in [0.05, 0.1) is 17.4 Å². The van der Waals surface area contributed by atoms with Crippen molar-refractivity contribution in [2.24, 2.45) is 11.8 Å². The monoisotopic (exact) mass is 437 g/mol. The van der Waals surface area contributed by atoms with Crippen molar-refractivity contribution in [2.45, 2.75) is 88.9 Å². The molecule has 1 spiro atoms. The van der Waals surface area contributed by atoms with Crippen LogP contribution in [0.25, 0.3) is 0 Å². The van der Waals surface area contributed by atoms with Crippen LogP contribution < -0.4 is 10.6 Å². The number of hydrogen-bond acceptors (Lipinski definition) is 5. The van der Waals surface area contributed by atoms with Gasteiger partial charge in [0.25, 0.3) is 0 Å². The van der Waals surface area contributed by atoms with Gasteiger partial charge in [-0.2, -0.15) is 0 Å². The summed E-state index contributed by atoms with van der Waals surface area (Å²) in [5, 5.41) is 14.7. The maximum Gasteiger partial charge on any atom is 0.245 e. The fraction of sp³-hybridized carbons (Fsp3) is 0.870. The average Bonchev–Trinajstić information content (AvgIpc) is 3.31. The predicted octanol–water partition coefficient (Wildman–Crippen LogP) is 1.36. The molecule has 3 saturated heterocycles. The van der Waals surface area contributed by atoms with Gasteiger partial charge < -0.3 is 25.4 Å². The topological polar surface area (TPSA) is 108 Å². The molecule has 3 N–H and O–H groups in total. The summed E-state index contributed by atoms with van der Waals surface area (Å²) in [6.45, 7) is 5.23. The maximum atomic E-state index is 13.6. The van der Waals surface area contributed by atoms with E-state index in [9.17, 15) is 14.4 Å². The summed E-state index contributed by atoms with van der Waals surface area (Å²) in [6, 6.07) is -0.694. The molecule has 3 amide bonds. The van der Waals surface area contributed by atoms with Gasteiger partial charge in [0, 0.05) is 26.7 Å². The van der Waals surface area contributed by atoms with Gasteiger partial charge >= 0.3 is 0 Å². The minimum atomic E-state index is -0.928. The molecule has 0 aromatic carbocycles. The molecule has 2 bridgehead atoms. The van der Waals surface area contributed by atoms with E-state index in [0.29, 0.717) is 25.9 Å². The number of nitrogens with zero attached hydrogens (tertiary/aromatic N) is 1. The van der Waals surface area contributed by atoms with Crippen LogP contribution in [0.3, 0.4) is 0 Å². The number of nitrogens with one attached hydrogen (secondary N) is 2. The van der Waals surface area contributed by atoms with E-state index in [4.69, 9.17) is 9.84 Å². The number of carbonyl (C=O) groups excluding carboxylic acids is 3. The van der Waals surface area contributed by atoms with E-state index in [0.717, 1.165) is 44.9 Å². The molecule has 176 valence electrons. The second kappa shape index (κ2) is 9.86. The molecular formula is C23H39N3O5. The van der Waals surface area contributed by atoms with Crippen LogP contribution in [-0.2, 0) is 19.1 Å². The third-order valence-electron chi connectivity index (χ3n) is 7.44. The van der Waals surface area contributed by atoms with Gasteiger partial charge in [-0.25, -0.2) is 0 Å². The Labute approximate surface area is 185 Å². The number of unbranched alkanes of at least 4 members (excludes halogenated alkanes) is 5. The number of amides is 3. The molecule has 3 aliphatic rings. The lowest BCUT2D eigenvalue weighted by atomic mass is 9.66. The van der Waals surface area contributed by atoms with E-state index in [1.54, 1.807) is 11.9 Å². The highest BCUT2D eigenvalue weighted by Crippen LogP contribution is 2.63. The molecule has 0 aromatic heterocycles. The van der Waals surface area contributed by atoms with E-state index in [2.05, 4.69) is 17.6 Å². The van der Waals surface area contributed by atoms with Crippen molar-refractivity contribution < 1.29 is 24.2 Å². The Kier molecular flexibility index (Phi) is 7.63. The minimum absolute atomic E-state index is 0.132. The van der Waals surface area contributed by atoms with Crippen LogP contribution in [0.4, 0.5) is 0 Å². The van der Waals surface area contributed by atoms with Crippen molar-refractivity contribution >= 4 is 17.7 Å². The van der Waals surface area contributed by atoms with Gasteiger partial charge in [-0.05, 0) is 39.0 Å². The Morgan fingerprint density at radius 1 is 1.13 bits per heavy atom. The van der Waals surface area contributed by atoms with Crippen LogP contribution in [-0.4, -0.2) is 71.7 Å². The number of likely N-dealkylation sites (tertiary alicyclic amines) is 1. The first kappa shape index (κ1) is 24.0. The van der Waals surface area contributed by atoms with Crippen molar-refractivity contribution in [3.63, 3.8) is 0 Å². The summed E-state index contributed by atoms with van der Waals surface area (Å²) in [5.74, 6) is -1.67. The van der Waals surface area contributed by atoms with Crippen molar-refractivity contribution in [3.05, 3.63) is 0 Å². The van der Waals surface area contributed by atoms with Crippen LogP contribution in [0.2, 0.25) is 0 Å². The second-order valence-corrected chi connectivity index (χ2v) is 9.51. The molecule has 3 rings (SSSR count). The van der Waals surface area contributed by atoms with Crippen molar-refractivity contribution in [2.75, 3.05) is 26.7 Å². The van der Waals surface area contributed by atoms with Gasteiger partial charge in [-0.1, -0.05) is 32.6 Å². The lowest BCUT2D eigenvalue weighted by Gasteiger charge is -2.33. The lowest BCUT2D eigenvalue weighted by molar-refractivity contribution is -0.146. The van der Waals surface area contributed by atoms with Crippen LogP contribution in [0, 0.1) is 11.8 Å². The van der Waals surface area contributed by atoms with Crippen molar-refractivity contribution in [3.8, 4) is 0 Å². The fourth-order valence-electron chi connectivity index (χ4n) is 5.95. The molecule has 2 unspecified atom stereocenters. The van der Waals surface area contributed by atoms with Gasteiger partial charge in [0.15, 0.2) is 0 Å². The standard InChI is InChI=1S/C23H39N3O5/c1-4-5-8-13-25-20(29)18-23-12-11-22(2,31-23)16(19(28)24-3)17(23)21(30)26(18)14-9-6-7-10-15-27/h16-18,27H,4-15H2,1-3H3,(H,24,28)(H,25,29)/t16-,17+,18?,22+,23?/m1/s1. The highest BCUT2D eigenvalue weighted by atomic mass is 16.5. The van der Waals surface area contributed by atoms with E-state index in [1.807, 2.05) is 6.92 Å². The molecule has 0 aliphatic carbocycles. The quantitative estimate of drug-likeness (QED) is 0.400. The molecule has 5 atom stereocenters. The number of ether oxygens (including phenoxy) is 1. The van der Waals surface area contributed by atoms with E-state index in [1.165, 1.54) is 0 Å². The summed E-state index contributed by atoms with van der Waals surface area (Å²) < 4.78 is 6.50. The number of carbonyl (C=O) groups is 3. The Balaban J connectivity index is 1.83. The second-order valence-electron chi connectivity index (χ2n) is 9.51. The Hall–Kier alpha value is -1.67. The average molecular weight is 438 g/mol. The predicted molar refractivity (Wildman–Crippen MR) is 116 cm³/mol. The first-order valence-corrected chi connectivity index (χ1v) is 12.0. The summed E-state index contributed by atoms with van der Waals surface area (Å²) in [7, 11) is 1.58. The van der Waals surface area contributed by atoms with E-state index in [-0.39, 0.29) is 24.3 Å². The maximum absolute atomic E-state index is 13.6. The molecule has 31 heavy (non-hydrogen) atoms. The summed E-state index contributed by atoms with van der Waals surface area (Å²) in [5.41, 5.74) is -1.64. The minimum Gasteiger partial charge on any atom is -0.396 e. The third-order valence-corrected chi connectivity index (χ3v) is 7.44. The lowest BCUT2D eigenvalue weighted by Crippen LogP contribution is -2.55. The number of rotatable bonds is 12. The van der Waals surface area contributed by atoms with E-state index >= 15 is 0 Å². The number of hydrogen-bond donors (Lipinski definition) is 3. The summed E-state index contributed by atoms with van der Waals surface area (Å²) in [4.78, 5) is 41.4. The highest BCUT2D eigenvalue weighted by Gasteiger charge is 2.77. The largest absolute Gasteiger partial charge is 0.396 e. The van der Waals surface area contributed by atoms with Crippen LogP contribution in [0.15, 0.2) is 0 Å². The van der Waals surface area contributed by atoms with Gasteiger partial charge in [-0.3, -0.25) is 14.4 Å². The Bertz CT molecular complexity index is 686. The van der Waals surface area contributed by atoms with Gasteiger partial charge in [-0.15, -0.1) is 0 Å². The number of aliphatic hydroxyl groups excluding tert-OH is 1. The van der Waals surface area contributed by atoms with Gasteiger partial charge in [0.1, 0.15) is 11.6 Å². The van der Waals surface area contributed by atoms with Crippen LogP contribution in [0.1, 0.15) is 71.6 Å². The summed E-state index contributed by atoms with van der Waals surface area (Å²) >= 11 is 0. The van der Waals surface area contributed by atoms with Gasteiger partial charge in [0.2, 0.25) is 17.7 Å². The first-order chi connectivity index (χ1) is 14.9. The zero-order valence-corrected chi connectivity index (χ0v) is 19.2. The Morgan fingerprint density at radius 2 is 1.87 bits per heavy atom. The molecule has 0 saturated carbocycles. The normalized spacial score (nSPS) is 33.6. The van der Waals surface area contributed by atoms with Crippen LogP contribution >= 0.6 is 0 Å². The zero-order chi connectivity index (χ0) is 22.6. The third kappa shape index (κ3) is 4.21. The van der Waals surface area contributed by atoms with Crippen molar-refractivity contribution in [1.29, 1.82) is 0 Å². The van der Waals surface area contributed by atoms with Crippen LogP contribution in [0.5, 0.6) is 0 Å². The SMILES string of the molecule is CCCCCNC(=O)C1N(CCCCCCO)C(=O)[C@@H]2[C@H](C(=O)NC)[C@]3(C)CCC12O3. The molecular weight excluding hydrogens is 398 g/mol.